The number of anilines is 1. The van der Waals surface area contributed by atoms with E-state index in [0.29, 0.717) is 11.3 Å². The maximum atomic E-state index is 12.8. The average Bonchev–Trinajstić information content (AvgIpc) is 3.17. The van der Waals surface area contributed by atoms with Gasteiger partial charge in [0.25, 0.3) is 0 Å². The van der Waals surface area contributed by atoms with Crippen LogP contribution in [0.5, 0.6) is 0 Å². The Hall–Kier alpha value is -2.46. The fourth-order valence-electron chi connectivity index (χ4n) is 3.26. The van der Waals surface area contributed by atoms with Crippen LogP contribution in [-0.2, 0) is 9.53 Å². The van der Waals surface area contributed by atoms with Gasteiger partial charge in [-0.15, -0.1) is 0 Å². The molecule has 1 saturated heterocycles. The third kappa shape index (κ3) is 1.56. The minimum atomic E-state index is -1.19. The monoisotopic (exact) mass is 293 g/mol. The van der Waals surface area contributed by atoms with Crippen molar-refractivity contribution in [1.29, 1.82) is 0 Å². The van der Waals surface area contributed by atoms with Gasteiger partial charge in [-0.1, -0.05) is 42.0 Å². The van der Waals surface area contributed by atoms with E-state index in [0.717, 1.165) is 11.1 Å². The predicted octanol–water partition coefficient (Wildman–Crippen LogP) is 3.01. The van der Waals surface area contributed by atoms with Gasteiger partial charge in [-0.2, -0.15) is 0 Å². The first-order valence-electron chi connectivity index (χ1n) is 7.24. The normalized spacial score (nSPS) is 25.5. The zero-order valence-corrected chi connectivity index (χ0v) is 12.4. The molecule has 0 aliphatic carbocycles. The van der Waals surface area contributed by atoms with Gasteiger partial charge in [0.1, 0.15) is 6.10 Å². The number of fused-ring (bicyclic) bond motifs is 1. The number of benzene rings is 2. The number of epoxide rings is 1. The molecule has 0 aromatic heterocycles. The number of hydrogen-bond acceptors (Lipinski definition) is 3. The molecule has 4 rings (SSSR count). The Morgan fingerprint density at radius 2 is 1.82 bits per heavy atom. The minimum absolute atomic E-state index is 0.135. The van der Waals surface area contributed by atoms with Gasteiger partial charge in [-0.3, -0.25) is 14.5 Å². The molecule has 2 aliphatic heterocycles. The number of nitrogens with zero attached hydrogens (tertiary/aromatic N) is 1. The molecule has 0 N–H and O–H groups in total. The van der Waals surface area contributed by atoms with E-state index in [1.54, 1.807) is 18.2 Å². The third-order valence-electron chi connectivity index (χ3n) is 4.34. The summed E-state index contributed by atoms with van der Waals surface area (Å²) in [6.07, 6.45) is -0.406. The van der Waals surface area contributed by atoms with E-state index in [4.69, 9.17) is 4.74 Å². The zero-order chi connectivity index (χ0) is 15.5. The van der Waals surface area contributed by atoms with Crippen molar-refractivity contribution in [3.63, 3.8) is 0 Å². The van der Waals surface area contributed by atoms with E-state index >= 15 is 0 Å². The Kier molecular flexibility index (Phi) is 2.57. The van der Waals surface area contributed by atoms with Crippen molar-refractivity contribution >= 4 is 17.4 Å². The van der Waals surface area contributed by atoms with Crippen LogP contribution in [0.1, 0.15) is 34.5 Å². The smallest absolute Gasteiger partial charge is 0.244 e. The first-order chi connectivity index (χ1) is 10.6. The molecule has 22 heavy (non-hydrogen) atoms. The molecule has 110 valence electrons. The molecule has 2 aromatic rings. The zero-order valence-electron chi connectivity index (χ0n) is 12.4. The summed E-state index contributed by atoms with van der Waals surface area (Å²) in [7, 11) is 0. The molecule has 0 radical (unpaired) electrons. The highest BCUT2D eigenvalue weighted by atomic mass is 16.6. The largest absolute Gasteiger partial charge is 0.332 e. The van der Waals surface area contributed by atoms with Crippen LogP contribution in [0.4, 0.5) is 5.69 Å². The predicted molar refractivity (Wildman–Crippen MR) is 81.7 cm³/mol. The van der Waals surface area contributed by atoms with Gasteiger partial charge in [0.05, 0.1) is 5.69 Å². The number of ether oxygens (including phenoxy) is 1. The summed E-state index contributed by atoms with van der Waals surface area (Å²) in [5.74, 6) is -0.322. The molecule has 0 bridgehead atoms. The Labute approximate surface area is 128 Å². The highest BCUT2D eigenvalue weighted by Crippen LogP contribution is 2.59. The number of rotatable bonds is 1. The minimum Gasteiger partial charge on any atom is -0.332 e. The standard InChI is InChI=1S/C18H15NO3/c1-11-7-9-13(10-8-11)17-18(22-17)16(21)14-5-3-4-6-15(14)19(18)12(2)20/h3-10,17H,1-2H3/t17-,18+/m0/s1. The van der Waals surface area contributed by atoms with Crippen LogP contribution in [0, 0.1) is 6.92 Å². The molecule has 2 heterocycles. The van der Waals surface area contributed by atoms with Gasteiger partial charge in [0.15, 0.2) is 0 Å². The average molecular weight is 293 g/mol. The van der Waals surface area contributed by atoms with Crippen molar-refractivity contribution in [2.45, 2.75) is 25.7 Å². The maximum Gasteiger partial charge on any atom is 0.244 e. The SMILES string of the molecule is CC(=O)N1c2ccccc2C(=O)[C@]12O[C@H]2c1ccc(C)cc1. The van der Waals surface area contributed by atoms with E-state index in [1.165, 1.54) is 11.8 Å². The van der Waals surface area contributed by atoms with Crippen LogP contribution in [-0.4, -0.2) is 17.4 Å². The number of Topliss-reactive ketones (excluding diaryl/α,β-unsaturated/α-hetero) is 1. The van der Waals surface area contributed by atoms with Gasteiger partial charge >= 0.3 is 0 Å². The lowest BCUT2D eigenvalue weighted by Gasteiger charge is -2.20. The lowest BCUT2D eigenvalue weighted by molar-refractivity contribution is -0.117. The van der Waals surface area contributed by atoms with Crippen molar-refractivity contribution in [3.8, 4) is 0 Å². The first kappa shape index (κ1) is 13.2. The molecule has 4 nitrogen and oxygen atoms in total. The topological polar surface area (TPSA) is 49.9 Å². The van der Waals surface area contributed by atoms with Gasteiger partial charge in [-0.25, -0.2) is 0 Å². The molecule has 0 unspecified atom stereocenters. The maximum absolute atomic E-state index is 12.8. The second-order valence-electron chi connectivity index (χ2n) is 5.81. The Morgan fingerprint density at radius 1 is 1.14 bits per heavy atom. The summed E-state index contributed by atoms with van der Waals surface area (Å²) < 4.78 is 5.82. The first-order valence-corrected chi connectivity index (χ1v) is 7.24. The summed E-state index contributed by atoms with van der Waals surface area (Å²) in [6.45, 7) is 3.47. The van der Waals surface area contributed by atoms with Crippen LogP contribution in [0.15, 0.2) is 48.5 Å². The molecule has 1 amide bonds. The molecular weight excluding hydrogens is 278 g/mol. The summed E-state index contributed by atoms with van der Waals surface area (Å²) in [5.41, 5.74) is 2.05. The van der Waals surface area contributed by atoms with E-state index in [2.05, 4.69) is 0 Å². The summed E-state index contributed by atoms with van der Waals surface area (Å²) in [4.78, 5) is 26.5. The molecule has 2 atom stereocenters. The van der Waals surface area contributed by atoms with Gasteiger partial charge in [0, 0.05) is 12.5 Å². The van der Waals surface area contributed by atoms with Crippen LogP contribution in [0.3, 0.4) is 0 Å². The van der Waals surface area contributed by atoms with Crippen molar-refractivity contribution in [3.05, 3.63) is 65.2 Å². The number of ketones is 1. The van der Waals surface area contributed by atoms with Crippen molar-refractivity contribution < 1.29 is 14.3 Å². The highest BCUT2D eigenvalue weighted by molar-refractivity contribution is 6.21. The highest BCUT2D eigenvalue weighted by Gasteiger charge is 2.72. The van der Waals surface area contributed by atoms with Gasteiger partial charge in [-0.05, 0) is 24.6 Å². The number of carbonyl (C=O) groups excluding carboxylic acids is 2. The summed E-state index contributed by atoms with van der Waals surface area (Å²) in [5, 5.41) is 0. The fourth-order valence-corrected chi connectivity index (χ4v) is 3.26. The lowest BCUT2D eigenvalue weighted by Crippen LogP contribution is -2.43. The van der Waals surface area contributed by atoms with E-state index in [1.807, 2.05) is 37.3 Å². The van der Waals surface area contributed by atoms with Crippen molar-refractivity contribution in [2.75, 3.05) is 4.90 Å². The van der Waals surface area contributed by atoms with E-state index < -0.39 is 11.8 Å². The van der Waals surface area contributed by atoms with Crippen molar-refractivity contribution in [1.82, 2.24) is 0 Å². The number of para-hydroxylation sites is 1. The molecular formula is C18H15NO3. The molecule has 1 spiro atoms. The fraction of sp³-hybridized carbons (Fsp3) is 0.222. The quantitative estimate of drug-likeness (QED) is 0.759. The third-order valence-corrected chi connectivity index (χ3v) is 4.34. The number of hydrogen-bond donors (Lipinski definition) is 0. The van der Waals surface area contributed by atoms with E-state index in [-0.39, 0.29) is 11.7 Å². The summed E-state index contributed by atoms with van der Waals surface area (Å²) >= 11 is 0. The summed E-state index contributed by atoms with van der Waals surface area (Å²) in [6, 6.07) is 15.0. The molecule has 4 heteroatoms. The number of carbonyl (C=O) groups is 2. The number of aryl methyl sites for hydroxylation is 1. The van der Waals surface area contributed by atoms with E-state index in [9.17, 15) is 9.59 Å². The van der Waals surface area contributed by atoms with Crippen LogP contribution >= 0.6 is 0 Å². The molecule has 0 saturated carbocycles. The lowest BCUT2D eigenvalue weighted by atomic mass is 10.00. The van der Waals surface area contributed by atoms with Gasteiger partial charge < -0.3 is 4.74 Å². The van der Waals surface area contributed by atoms with Crippen LogP contribution in [0.2, 0.25) is 0 Å². The Morgan fingerprint density at radius 3 is 2.50 bits per heavy atom. The Bertz CT molecular complexity index is 796. The van der Waals surface area contributed by atoms with Crippen LogP contribution < -0.4 is 4.90 Å². The number of amides is 1. The molecule has 2 aliphatic rings. The molecule has 1 fully saturated rings. The van der Waals surface area contributed by atoms with Crippen molar-refractivity contribution in [2.24, 2.45) is 0 Å². The second-order valence-corrected chi connectivity index (χ2v) is 5.81. The van der Waals surface area contributed by atoms with Crippen LogP contribution in [0.25, 0.3) is 0 Å². The molecule has 2 aromatic carbocycles. The van der Waals surface area contributed by atoms with Gasteiger partial charge in [0.2, 0.25) is 17.4 Å². The second kappa shape index (κ2) is 4.27. The Balaban J connectivity index is 1.81.